The summed E-state index contributed by atoms with van der Waals surface area (Å²) < 4.78 is 0. The van der Waals surface area contributed by atoms with Crippen LogP contribution in [0.4, 0.5) is 0 Å². The third-order valence-electron chi connectivity index (χ3n) is 4.79. The fourth-order valence-electron chi connectivity index (χ4n) is 2.99. The Hall–Kier alpha value is -2.40. The summed E-state index contributed by atoms with van der Waals surface area (Å²) in [6.07, 6.45) is 4.61. The lowest BCUT2D eigenvalue weighted by Crippen LogP contribution is -2.42. The third kappa shape index (κ3) is 7.79. The zero-order valence-electron chi connectivity index (χ0n) is 17.0. The van der Waals surface area contributed by atoms with Gasteiger partial charge < -0.3 is 15.3 Å². The standard InChI is InChI=1S/C22H33N3O2/c1-7-18(14-23-4)21(16(2)3)13-22(27)24-15-19(25(5)6)12-17-8-10-20(26)11-9-17/h7-11,14,16,19,21,26H,1,4,12-13,15H2,2-3,5-6H3,(H,24,27)/b18-14+. The summed E-state index contributed by atoms with van der Waals surface area (Å²) >= 11 is 0. The third-order valence-corrected chi connectivity index (χ3v) is 4.79. The lowest BCUT2D eigenvalue weighted by molar-refractivity contribution is -0.122. The zero-order chi connectivity index (χ0) is 20.4. The van der Waals surface area contributed by atoms with E-state index in [9.17, 15) is 9.90 Å². The number of phenolic OH excluding ortho intramolecular Hbond substituents is 1. The Morgan fingerprint density at radius 1 is 1.30 bits per heavy atom. The van der Waals surface area contributed by atoms with Gasteiger partial charge in [-0.05, 0) is 62.3 Å². The van der Waals surface area contributed by atoms with Crippen LogP contribution in [0.5, 0.6) is 5.75 Å². The lowest BCUT2D eigenvalue weighted by Gasteiger charge is -2.26. The fourth-order valence-corrected chi connectivity index (χ4v) is 2.99. The number of rotatable bonds is 11. The molecule has 0 saturated carbocycles. The topological polar surface area (TPSA) is 64.9 Å². The number of likely N-dealkylation sites (N-methyl/N-ethyl adjacent to an activating group) is 1. The molecule has 0 aliphatic heterocycles. The Kier molecular flexibility index (Phi) is 9.51. The van der Waals surface area contributed by atoms with E-state index < -0.39 is 0 Å². The first kappa shape index (κ1) is 22.6. The molecule has 0 saturated heterocycles. The highest BCUT2D eigenvalue weighted by atomic mass is 16.3. The number of carbonyl (C=O) groups is 1. The minimum atomic E-state index is 0.0167. The highest BCUT2D eigenvalue weighted by molar-refractivity contribution is 5.76. The Morgan fingerprint density at radius 3 is 2.41 bits per heavy atom. The maximum absolute atomic E-state index is 12.5. The van der Waals surface area contributed by atoms with E-state index in [2.05, 4.69) is 42.4 Å². The highest BCUT2D eigenvalue weighted by Crippen LogP contribution is 2.25. The van der Waals surface area contributed by atoms with Gasteiger partial charge in [-0.25, -0.2) is 0 Å². The van der Waals surface area contributed by atoms with Crippen molar-refractivity contribution in [2.75, 3.05) is 20.6 Å². The molecule has 1 aromatic rings. The molecule has 0 fully saturated rings. The van der Waals surface area contributed by atoms with Gasteiger partial charge in [0.15, 0.2) is 0 Å². The summed E-state index contributed by atoms with van der Waals surface area (Å²) in [5.41, 5.74) is 2.05. The second kappa shape index (κ2) is 11.3. The van der Waals surface area contributed by atoms with E-state index in [4.69, 9.17) is 0 Å². The summed E-state index contributed by atoms with van der Waals surface area (Å²) in [5.74, 6) is 0.627. The van der Waals surface area contributed by atoms with Crippen molar-refractivity contribution in [3.63, 3.8) is 0 Å². The summed E-state index contributed by atoms with van der Waals surface area (Å²) in [6, 6.07) is 7.35. The second-order valence-electron chi connectivity index (χ2n) is 7.36. The van der Waals surface area contributed by atoms with Gasteiger partial charge >= 0.3 is 0 Å². The molecule has 5 heteroatoms. The molecule has 27 heavy (non-hydrogen) atoms. The Morgan fingerprint density at radius 2 is 1.93 bits per heavy atom. The first-order valence-electron chi connectivity index (χ1n) is 9.27. The monoisotopic (exact) mass is 371 g/mol. The van der Waals surface area contributed by atoms with Crippen LogP contribution in [-0.4, -0.2) is 49.3 Å². The summed E-state index contributed by atoms with van der Waals surface area (Å²) in [5, 5.41) is 12.5. The van der Waals surface area contributed by atoms with Crippen LogP contribution in [0.25, 0.3) is 0 Å². The number of aliphatic imine (C=N–C) groups is 1. The van der Waals surface area contributed by atoms with Crippen molar-refractivity contribution < 1.29 is 9.90 Å². The molecule has 0 spiro atoms. The predicted molar refractivity (Wildman–Crippen MR) is 113 cm³/mol. The van der Waals surface area contributed by atoms with E-state index in [0.717, 1.165) is 17.6 Å². The molecular formula is C22H33N3O2. The van der Waals surface area contributed by atoms with Gasteiger partial charge in [-0.2, -0.15) is 0 Å². The van der Waals surface area contributed by atoms with Crippen LogP contribution in [0.15, 0.2) is 53.7 Å². The van der Waals surface area contributed by atoms with Gasteiger partial charge in [0.25, 0.3) is 0 Å². The van der Waals surface area contributed by atoms with Crippen molar-refractivity contribution in [3.8, 4) is 5.75 Å². The maximum atomic E-state index is 12.5. The summed E-state index contributed by atoms with van der Waals surface area (Å²) in [6.45, 7) is 12.1. The molecule has 1 amide bonds. The van der Waals surface area contributed by atoms with Crippen LogP contribution < -0.4 is 5.32 Å². The summed E-state index contributed by atoms with van der Waals surface area (Å²) in [4.78, 5) is 18.5. The van der Waals surface area contributed by atoms with Crippen molar-refractivity contribution in [2.24, 2.45) is 16.8 Å². The van der Waals surface area contributed by atoms with E-state index >= 15 is 0 Å². The Bertz CT molecular complexity index is 648. The minimum Gasteiger partial charge on any atom is -0.508 e. The van der Waals surface area contributed by atoms with Crippen LogP contribution >= 0.6 is 0 Å². The first-order chi connectivity index (χ1) is 12.8. The largest absolute Gasteiger partial charge is 0.508 e. The van der Waals surface area contributed by atoms with Gasteiger partial charge in [-0.3, -0.25) is 9.79 Å². The Labute approximate surface area is 163 Å². The van der Waals surface area contributed by atoms with Gasteiger partial charge in [-0.1, -0.05) is 38.6 Å². The maximum Gasteiger partial charge on any atom is 0.220 e. The average Bonchev–Trinajstić information content (AvgIpc) is 2.62. The molecule has 1 rings (SSSR count). The Balaban J connectivity index is 2.69. The van der Waals surface area contributed by atoms with Crippen molar-refractivity contribution >= 4 is 12.6 Å². The molecule has 0 aliphatic rings. The SMILES string of the molecule is C=C/C(=C\N=C)C(CC(=O)NCC(Cc1ccc(O)cc1)N(C)C)C(C)C. The van der Waals surface area contributed by atoms with Gasteiger partial charge in [-0.15, -0.1) is 0 Å². The molecule has 0 radical (unpaired) electrons. The van der Waals surface area contributed by atoms with Crippen molar-refractivity contribution in [3.05, 3.63) is 54.3 Å². The van der Waals surface area contributed by atoms with E-state index in [1.807, 2.05) is 26.2 Å². The molecule has 0 bridgehead atoms. The van der Waals surface area contributed by atoms with Gasteiger partial charge in [0.2, 0.25) is 5.91 Å². The van der Waals surface area contributed by atoms with E-state index in [1.54, 1.807) is 24.4 Å². The zero-order valence-corrected chi connectivity index (χ0v) is 17.0. The van der Waals surface area contributed by atoms with Crippen LogP contribution in [-0.2, 0) is 11.2 Å². The lowest BCUT2D eigenvalue weighted by atomic mass is 9.85. The van der Waals surface area contributed by atoms with E-state index in [0.29, 0.717) is 18.9 Å². The molecular weight excluding hydrogens is 338 g/mol. The quantitative estimate of drug-likeness (QED) is 0.463. The molecule has 0 aliphatic carbocycles. The number of nitrogens with zero attached hydrogens (tertiary/aromatic N) is 2. The van der Waals surface area contributed by atoms with Crippen LogP contribution in [0.1, 0.15) is 25.8 Å². The predicted octanol–water partition coefficient (Wildman–Crippen LogP) is 3.41. The van der Waals surface area contributed by atoms with Crippen molar-refractivity contribution in [2.45, 2.75) is 32.7 Å². The van der Waals surface area contributed by atoms with Crippen LogP contribution in [0.2, 0.25) is 0 Å². The van der Waals surface area contributed by atoms with E-state index in [-0.39, 0.29) is 23.6 Å². The average molecular weight is 372 g/mol. The number of nitrogens with one attached hydrogen (secondary N) is 1. The smallest absolute Gasteiger partial charge is 0.220 e. The van der Waals surface area contributed by atoms with Crippen LogP contribution in [0.3, 0.4) is 0 Å². The molecule has 2 atom stereocenters. The molecule has 2 unspecified atom stereocenters. The van der Waals surface area contributed by atoms with Crippen molar-refractivity contribution in [1.29, 1.82) is 0 Å². The molecule has 2 N–H and O–H groups in total. The number of benzene rings is 1. The van der Waals surface area contributed by atoms with Gasteiger partial charge in [0.1, 0.15) is 5.75 Å². The second-order valence-corrected chi connectivity index (χ2v) is 7.36. The molecule has 0 heterocycles. The normalized spacial score (nSPS) is 14.1. The van der Waals surface area contributed by atoms with E-state index in [1.165, 1.54) is 0 Å². The van der Waals surface area contributed by atoms with Gasteiger partial charge in [0, 0.05) is 25.2 Å². The number of hydrogen-bond donors (Lipinski definition) is 2. The number of allylic oxidation sites excluding steroid dienone is 2. The number of aromatic hydroxyl groups is 1. The number of hydrogen-bond acceptors (Lipinski definition) is 4. The molecule has 0 aromatic heterocycles. The van der Waals surface area contributed by atoms with Crippen molar-refractivity contribution in [1.82, 2.24) is 10.2 Å². The number of phenols is 1. The van der Waals surface area contributed by atoms with Crippen LogP contribution in [0, 0.1) is 11.8 Å². The summed E-state index contributed by atoms with van der Waals surface area (Å²) in [7, 11) is 4.00. The highest BCUT2D eigenvalue weighted by Gasteiger charge is 2.21. The van der Waals surface area contributed by atoms with Gasteiger partial charge in [0.05, 0.1) is 0 Å². The number of carbonyl (C=O) groups excluding carboxylic acids is 1. The minimum absolute atomic E-state index is 0.0167. The molecule has 5 nitrogen and oxygen atoms in total. The molecule has 148 valence electrons. The number of amides is 1. The fraction of sp³-hybridized carbons (Fsp3) is 0.455. The first-order valence-corrected chi connectivity index (χ1v) is 9.27. The molecule has 1 aromatic carbocycles.